The highest BCUT2D eigenvalue weighted by molar-refractivity contribution is 5.96. The number of carbonyl (C=O) groups excluding carboxylic acids is 1. The Morgan fingerprint density at radius 3 is 2.50 bits per heavy atom. The first-order valence-electron chi connectivity index (χ1n) is 7.01. The Kier molecular flexibility index (Phi) is 3.55. The fourth-order valence-corrected chi connectivity index (χ4v) is 2.34. The van der Waals surface area contributed by atoms with Gasteiger partial charge in [0.25, 0.3) is 0 Å². The second kappa shape index (κ2) is 5.49. The summed E-state index contributed by atoms with van der Waals surface area (Å²) in [4.78, 5) is 14.4. The van der Waals surface area contributed by atoms with Crippen LogP contribution in [0, 0.1) is 12.8 Å². The molecule has 2 aromatic rings. The summed E-state index contributed by atoms with van der Waals surface area (Å²) < 4.78 is 0. The maximum atomic E-state index is 12.5. The first-order valence-corrected chi connectivity index (χ1v) is 7.01. The van der Waals surface area contributed by atoms with E-state index < -0.39 is 0 Å². The lowest BCUT2D eigenvalue weighted by Gasteiger charge is -2.23. The standard InChI is InChI=1S/C18H18NO/c1-14-6-5-9-17(12-14)19(18(20)16-10-11-16)13-15-7-3-2-4-8-15/h2-9,12,16H,1,10-11,13H2. The molecule has 1 aliphatic rings. The molecule has 2 nitrogen and oxygen atoms in total. The van der Waals surface area contributed by atoms with Gasteiger partial charge in [-0.1, -0.05) is 42.5 Å². The molecule has 1 radical (unpaired) electrons. The van der Waals surface area contributed by atoms with Crippen LogP contribution in [0.5, 0.6) is 0 Å². The maximum absolute atomic E-state index is 12.5. The maximum Gasteiger partial charge on any atom is 0.230 e. The minimum Gasteiger partial charge on any atom is -0.308 e. The second-order valence-corrected chi connectivity index (χ2v) is 5.35. The third kappa shape index (κ3) is 2.90. The molecule has 2 aromatic carbocycles. The van der Waals surface area contributed by atoms with E-state index >= 15 is 0 Å². The van der Waals surface area contributed by atoms with Crippen LogP contribution < -0.4 is 4.90 Å². The smallest absolute Gasteiger partial charge is 0.230 e. The van der Waals surface area contributed by atoms with Crippen LogP contribution in [0.25, 0.3) is 0 Å². The average Bonchev–Trinajstić information content (AvgIpc) is 3.30. The van der Waals surface area contributed by atoms with E-state index in [4.69, 9.17) is 0 Å². The summed E-state index contributed by atoms with van der Waals surface area (Å²) in [6.07, 6.45) is 2.04. The molecule has 0 spiro atoms. The van der Waals surface area contributed by atoms with Gasteiger partial charge in [-0.2, -0.15) is 0 Å². The van der Waals surface area contributed by atoms with Crippen LogP contribution in [0.15, 0.2) is 54.6 Å². The molecular weight excluding hydrogens is 246 g/mol. The molecule has 3 rings (SSSR count). The van der Waals surface area contributed by atoms with Crippen molar-refractivity contribution in [2.75, 3.05) is 4.90 Å². The summed E-state index contributed by atoms with van der Waals surface area (Å²) in [5.74, 6) is 0.451. The zero-order valence-corrected chi connectivity index (χ0v) is 11.5. The quantitative estimate of drug-likeness (QED) is 0.822. The summed E-state index contributed by atoms with van der Waals surface area (Å²) in [5, 5.41) is 0. The molecule has 20 heavy (non-hydrogen) atoms. The molecular formula is C18H18NO. The largest absolute Gasteiger partial charge is 0.308 e. The van der Waals surface area contributed by atoms with Gasteiger partial charge < -0.3 is 4.90 Å². The highest BCUT2D eigenvalue weighted by Crippen LogP contribution is 2.33. The fourth-order valence-electron chi connectivity index (χ4n) is 2.34. The number of rotatable bonds is 4. The SMILES string of the molecule is [CH2]c1cccc(N(Cc2ccccc2)C(=O)C2CC2)c1. The number of benzene rings is 2. The molecule has 101 valence electrons. The van der Waals surface area contributed by atoms with Crippen LogP contribution in [0.2, 0.25) is 0 Å². The minimum absolute atomic E-state index is 0.215. The minimum atomic E-state index is 0.215. The van der Waals surface area contributed by atoms with E-state index in [-0.39, 0.29) is 11.8 Å². The average molecular weight is 264 g/mol. The number of hydrogen-bond acceptors (Lipinski definition) is 1. The van der Waals surface area contributed by atoms with Crippen molar-refractivity contribution in [1.82, 2.24) is 0 Å². The van der Waals surface area contributed by atoms with Gasteiger partial charge in [-0.15, -0.1) is 0 Å². The van der Waals surface area contributed by atoms with Crippen LogP contribution in [0.3, 0.4) is 0 Å². The summed E-state index contributed by atoms with van der Waals surface area (Å²) in [7, 11) is 0. The van der Waals surface area contributed by atoms with E-state index in [0.717, 1.165) is 29.7 Å². The molecule has 1 amide bonds. The van der Waals surface area contributed by atoms with Crippen molar-refractivity contribution in [3.05, 3.63) is 72.6 Å². The van der Waals surface area contributed by atoms with Crippen molar-refractivity contribution in [3.63, 3.8) is 0 Å². The number of nitrogens with zero attached hydrogens (tertiary/aromatic N) is 1. The van der Waals surface area contributed by atoms with Crippen molar-refractivity contribution in [2.24, 2.45) is 5.92 Å². The Bertz CT molecular complexity index is 602. The van der Waals surface area contributed by atoms with Gasteiger partial charge in [0.05, 0.1) is 6.54 Å². The zero-order valence-electron chi connectivity index (χ0n) is 11.5. The third-order valence-electron chi connectivity index (χ3n) is 3.60. The Morgan fingerprint density at radius 2 is 1.85 bits per heavy atom. The molecule has 0 heterocycles. The van der Waals surface area contributed by atoms with Gasteiger partial charge in [0.1, 0.15) is 0 Å². The fraction of sp³-hybridized carbons (Fsp3) is 0.222. The van der Waals surface area contributed by atoms with Crippen LogP contribution in [-0.2, 0) is 11.3 Å². The van der Waals surface area contributed by atoms with E-state index in [1.54, 1.807) is 0 Å². The molecule has 1 fully saturated rings. The van der Waals surface area contributed by atoms with Crippen molar-refractivity contribution in [3.8, 4) is 0 Å². The number of hydrogen-bond donors (Lipinski definition) is 0. The summed E-state index contributed by atoms with van der Waals surface area (Å²) >= 11 is 0. The molecule has 0 aromatic heterocycles. The number of amides is 1. The molecule has 1 saturated carbocycles. The zero-order chi connectivity index (χ0) is 13.9. The van der Waals surface area contributed by atoms with Gasteiger partial charge in [0, 0.05) is 11.6 Å². The molecule has 0 atom stereocenters. The molecule has 2 heteroatoms. The van der Waals surface area contributed by atoms with Crippen LogP contribution in [0.4, 0.5) is 5.69 Å². The van der Waals surface area contributed by atoms with E-state index in [9.17, 15) is 4.79 Å². The lowest BCUT2D eigenvalue weighted by molar-refractivity contribution is -0.119. The second-order valence-electron chi connectivity index (χ2n) is 5.35. The normalized spacial score (nSPS) is 14.1. The van der Waals surface area contributed by atoms with Gasteiger partial charge in [0.15, 0.2) is 0 Å². The molecule has 0 saturated heterocycles. The van der Waals surface area contributed by atoms with Crippen molar-refractivity contribution >= 4 is 11.6 Å². The first-order chi connectivity index (χ1) is 9.74. The highest BCUT2D eigenvalue weighted by atomic mass is 16.2. The van der Waals surface area contributed by atoms with E-state index in [1.165, 1.54) is 0 Å². The van der Waals surface area contributed by atoms with E-state index in [0.29, 0.717) is 6.54 Å². The predicted molar refractivity (Wildman–Crippen MR) is 81.3 cm³/mol. The number of carbonyl (C=O) groups is 1. The Labute approximate surface area is 120 Å². The van der Waals surface area contributed by atoms with Gasteiger partial charge in [0.2, 0.25) is 5.91 Å². The van der Waals surface area contributed by atoms with Gasteiger partial charge in [-0.05, 0) is 43.0 Å². The predicted octanol–water partition coefficient (Wildman–Crippen LogP) is 3.81. The Hall–Kier alpha value is -2.09. The van der Waals surface area contributed by atoms with Gasteiger partial charge in [-0.25, -0.2) is 0 Å². The Balaban J connectivity index is 1.89. The summed E-state index contributed by atoms with van der Waals surface area (Å²) in [5.41, 5.74) is 3.03. The van der Waals surface area contributed by atoms with E-state index in [1.807, 2.05) is 47.4 Å². The third-order valence-corrected chi connectivity index (χ3v) is 3.60. The van der Waals surface area contributed by atoms with Crippen LogP contribution in [-0.4, -0.2) is 5.91 Å². The lowest BCUT2D eigenvalue weighted by Crippen LogP contribution is -2.31. The van der Waals surface area contributed by atoms with Crippen molar-refractivity contribution in [2.45, 2.75) is 19.4 Å². The van der Waals surface area contributed by atoms with Crippen LogP contribution in [0.1, 0.15) is 24.0 Å². The molecule has 0 aliphatic heterocycles. The number of anilines is 1. The molecule has 0 N–H and O–H groups in total. The Morgan fingerprint density at radius 1 is 1.10 bits per heavy atom. The topological polar surface area (TPSA) is 20.3 Å². The molecule has 0 bridgehead atoms. The van der Waals surface area contributed by atoms with E-state index in [2.05, 4.69) is 19.1 Å². The van der Waals surface area contributed by atoms with Gasteiger partial charge >= 0.3 is 0 Å². The lowest BCUT2D eigenvalue weighted by atomic mass is 10.1. The highest BCUT2D eigenvalue weighted by Gasteiger charge is 2.34. The first kappa shape index (κ1) is 12.9. The van der Waals surface area contributed by atoms with Crippen molar-refractivity contribution < 1.29 is 4.79 Å². The van der Waals surface area contributed by atoms with Crippen molar-refractivity contribution in [1.29, 1.82) is 0 Å². The molecule has 0 unspecified atom stereocenters. The van der Waals surface area contributed by atoms with Gasteiger partial charge in [-0.3, -0.25) is 4.79 Å². The summed E-state index contributed by atoms with van der Waals surface area (Å²) in [6.45, 7) is 4.58. The molecule has 1 aliphatic carbocycles. The monoisotopic (exact) mass is 264 g/mol. The summed E-state index contributed by atoms with van der Waals surface area (Å²) in [6, 6.07) is 18.0. The van der Waals surface area contributed by atoms with Crippen LogP contribution >= 0.6 is 0 Å².